The Balaban J connectivity index is 1.85. The summed E-state index contributed by atoms with van der Waals surface area (Å²) in [7, 11) is 1.34. The maximum Gasteiger partial charge on any atom is 0.338 e. The summed E-state index contributed by atoms with van der Waals surface area (Å²) in [5.41, 5.74) is 2.43. The molecule has 7 heteroatoms. The van der Waals surface area contributed by atoms with Gasteiger partial charge in [-0.15, -0.1) is 0 Å². The zero-order valence-corrected chi connectivity index (χ0v) is 19.2. The van der Waals surface area contributed by atoms with Crippen molar-refractivity contribution in [3.63, 3.8) is 0 Å². The Morgan fingerprint density at radius 3 is 2.44 bits per heavy atom. The van der Waals surface area contributed by atoms with Crippen molar-refractivity contribution in [2.24, 2.45) is 4.99 Å². The van der Waals surface area contributed by atoms with Crippen molar-refractivity contribution in [2.75, 3.05) is 7.11 Å². The highest BCUT2D eigenvalue weighted by Gasteiger charge is 2.32. The molecule has 2 aromatic carbocycles. The molecule has 164 valence electrons. The SMILES string of the molecule is COC(=O)C1=C(C)N=c2s/c(=C/c3ccc(OC(C)C)cc3)c(=O)n2[C@@H]1c1ccccc1. The van der Waals surface area contributed by atoms with Crippen LogP contribution in [-0.4, -0.2) is 23.8 Å². The first-order valence-electron chi connectivity index (χ1n) is 10.3. The Kier molecular flexibility index (Phi) is 6.10. The fourth-order valence-corrected chi connectivity index (χ4v) is 4.76. The largest absolute Gasteiger partial charge is 0.491 e. The third-order valence-corrected chi connectivity index (χ3v) is 6.07. The van der Waals surface area contributed by atoms with E-state index in [1.165, 1.54) is 18.4 Å². The van der Waals surface area contributed by atoms with E-state index in [-0.39, 0.29) is 11.7 Å². The minimum Gasteiger partial charge on any atom is -0.491 e. The van der Waals surface area contributed by atoms with Gasteiger partial charge in [0, 0.05) is 0 Å². The molecule has 0 bridgehead atoms. The first-order chi connectivity index (χ1) is 15.4. The third kappa shape index (κ3) is 4.16. The summed E-state index contributed by atoms with van der Waals surface area (Å²) in [4.78, 5) is 31.2. The van der Waals surface area contributed by atoms with E-state index >= 15 is 0 Å². The van der Waals surface area contributed by atoms with Crippen LogP contribution < -0.4 is 19.6 Å². The number of carbonyl (C=O) groups excluding carboxylic acids is 1. The standard InChI is InChI=1S/C25H24N2O4S/c1-15(2)31-19-12-10-17(11-13-19)14-20-23(28)27-22(18-8-6-5-7-9-18)21(24(29)30-4)16(3)26-25(27)32-20/h5-15,22H,1-4H3/b20-14+/t22-/m1/s1. The lowest BCUT2D eigenvalue weighted by molar-refractivity contribution is -0.136. The topological polar surface area (TPSA) is 69.9 Å². The lowest BCUT2D eigenvalue weighted by Gasteiger charge is -2.24. The van der Waals surface area contributed by atoms with Crippen LogP contribution in [0, 0.1) is 0 Å². The average Bonchev–Trinajstić information content (AvgIpc) is 3.08. The predicted molar refractivity (Wildman–Crippen MR) is 124 cm³/mol. The Hall–Kier alpha value is -3.45. The van der Waals surface area contributed by atoms with Crippen molar-refractivity contribution in [1.29, 1.82) is 0 Å². The maximum absolute atomic E-state index is 13.5. The number of hydrogen-bond acceptors (Lipinski definition) is 6. The highest BCUT2D eigenvalue weighted by atomic mass is 32.1. The summed E-state index contributed by atoms with van der Waals surface area (Å²) < 4.78 is 12.8. The predicted octanol–water partition coefficient (Wildman–Crippen LogP) is 3.20. The minimum absolute atomic E-state index is 0.0924. The Labute approximate surface area is 189 Å². The molecule has 1 aromatic heterocycles. The monoisotopic (exact) mass is 448 g/mol. The Morgan fingerprint density at radius 1 is 1.12 bits per heavy atom. The number of allylic oxidation sites excluding steroid dienone is 1. The van der Waals surface area contributed by atoms with E-state index in [1.54, 1.807) is 11.5 Å². The van der Waals surface area contributed by atoms with Crippen LogP contribution in [0.1, 0.15) is 37.9 Å². The van der Waals surface area contributed by atoms with E-state index in [0.29, 0.717) is 20.6 Å². The molecule has 1 atom stereocenters. The Bertz CT molecular complexity index is 1350. The summed E-state index contributed by atoms with van der Waals surface area (Å²) in [6.45, 7) is 5.72. The van der Waals surface area contributed by atoms with Crippen LogP contribution in [-0.2, 0) is 9.53 Å². The summed E-state index contributed by atoms with van der Waals surface area (Å²) >= 11 is 1.31. The third-order valence-electron chi connectivity index (χ3n) is 5.09. The summed E-state index contributed by atoms with van der Waals surface area (Å²) in [6, 6.07) is 16.5. The van der Waals surface area contributed by atoms with Gasteiger partial charge in [-0.3, -0.25) is 9.36 Å². The fourth-order valence-electron chi connectivity index (χ4n) is 3.71. The molecule has 1 aliphatic heterocycles. The molecule has 4 rings (SSSR count). The number of hydrogen-bond donors (Lipinski definition) is 0. The van der Waals surface area contributed by atoms with Gasteiger partial charge in [0.25, 0.3) is 5.56 Å². The number of fused-ring (bicyclic) bond motifs is 1. The molecule has 2 heterocycles. The number of rotatable bonds is 5. The van der Waals surface area contributed by atoms with Gasteiger partial charge >= 0.3 is 5.97 Å². The molecule has 32 heavy (non-hydrogen) atoms. The van der Waals surface area contributed by atoms with Gasteiger partial charge in [-0.05, 0) is 50.1 Å². The van der Waals surface area contributed by atoms with E-state index in [0.717, 1.165) is 16.9 Å². The van der Waals surface area contributed by atoms with Crippen molar-refractivity contribution >= 4 is 23.4 Å². The smallest absolute Gasteiger partial charge is 0.338 e. The molecule has 0 radical (unpaired) electrons. The molecule has 0 aliphatic carbocycles. The lowest BCUT2D eigenvalue weighted by Crippen LogP contribution is -2.39. The van der Waals surface area contributed by atoms with Crippen molar-refractivity contribution in [2.45, 2.75) is 32.9 Å². The lowest BCUT2D eigenvalue weighted by atomic mass is 9.96. The van der Waals surface area contributed by atoms with Crippen LogP contribution in [0.3, 0.4) is 0 Å². The van der Waals surface area contributed by atoms with E-state index in [2.05, 4.69) is 4.99 Å². The van der Waals surface area contributed by atoms with Crippen LogP contribution in [0.15, 0.2) is 75.7 Å². The maximum atomic E-state index is 13.5. The van der Waals surface area contributed by atoms with E-state index in [4.69, 9.17) is 9.47 Å². The number of thiazole rings is 1. The van der Waals surface area contributed by atoms with Gasteiger partial charge < -0.3 is 9.47 Å². The van der Waals surface area contributed by atoms with Crippen LogP contribution in [0.2, 0.25) is 0 Å². The van der Waals surface area contributed by atoms with Crippen molar-refractivity contribution < 1.29 is 14.3 Å². The van der Waals surface area contributed by atoms with Gasteiger partial charge in [0.05, 0.1) is 35.1 Å². The second kappa shape index (κ2) is 8.96. The zero-order valence-electron chi connectivity index (χ0n) is 18.4. The van der Waals surface area contributed by atoms with Crippen molar-refractivity contribution in [1.82, 2.24) is 4.57 Å². The van der Waals surface area contributed by atoms with Crippen LogP contribution in [0.5, 0.6) is 5.75 Å². The molecule has 0 fully saturated rings. The van der Waals surface area contributed by atoms with E-state index in [9.17, 15) is 9.59 Å². The first kappa shape index (κ1) is 21.8. The molecule has 1 aliphatic rings. The average molecular weight is 449 g/mol. The summed E-state index contributed by atoms with van der Waals surface area (Å²) in [5, 5.41) is 0. The molecule has 0 saturated carbocycles. The Morgan fingerprint density at radius 2 is 1.81 bits per heavy atom. The van der Waals surface area contributed by atoms with Crippen LogP contribution in [0.25, 0.3) is 6.08 Å². The molecular formula is C25H24N2O4S. The normalized spacial score (nSPS) is 16.0. The second-order valence-corrected chi connectivity index (χ2v) is 8.73. The zero-order chi connectivity index (χ0) is 22.8. The molecule has 0 saturated heterocycles. The summed E-state index contributed by atoms with van der Waals surface area (Å²) in [6.07, 6.45) is 1.93. The number of benzene rings is 2. The molecule has 0 spiro atoms. The summed E-state index contributed by atoms with van der Waals surface area (Å²) in [5.74, 6) is 0.288. The molecule has 0 amide bonds. The van der Waals surface area contributed by atoms with Gasteiger partial charge in [0.2, 0.25) is 0 Å². The van der Waals surface area contributed by atoms with Gasteiger partial charge in [0.15, 0.2) is 4.80 Å². The van der Waals surface area contributed by atoms with Crippen molar-refractivity contribution in [3.8, 4) is 5.75 Å². The highest BCUT2D eigenvalue weighted by Crippen LogP contribution is 2.30. The molecule has 3 aromatic rings. The quantitative estimate of drug-likeness (QED) is 0.562. The van der Waals surface area contributed by atoms with Crippen LogP contribution in [0.4, 0.5) is 0 Å². The first-order valence-corrected chi connectivity index (χ1v) is 11.1. The molecular weight excluding hydrogens is 424 g/mol. The molecule has 0 N–H and O–H groups in total. The number of nitrogens with zero attached hydrogens (tertiary/aromatic N) is 2. The molecule has 6 nitrogen and oxygen atoms in total. The van der Waals surface area contributed by atoms with Gasteiger partial charge in [0.1, 0.15) is 5.75 Å². The van der Waals surface area contributed by atoms with Gasteiger partial charge in [-0.25, -0.2) is 9.79 Å². The number of carbonyl (C=O) groups is 1. The number of methoxy groups -OCH3 is 1. The van der Waals surface area contributed by atoms with Crippen LogP contribution >= 0.6 is 11.3 Å². The number of esters is 1. The van der Waals surface area contributed by atoms with E-state index in [1.807, 2.05) is 74.5 Å². The minimum atomic E-state index is -0.594. The fraction of sp³-hybridized carbons (Fsp3) is 0.240. The number of ether oxygens (including phenoxy) is 2. The van der Waals surface area contributed by atoms with E-state index < -0.39 is 12.0 Å². The second-order valence-electron chi connectivity index (χ2n) is 7.72. The van der Waals surface area contributed by atoms with Gasteiger partial charge in [-0.2, -0.15) is 0 Å². The van der Waals surface area contributed by atoms with Gasteiger partial charge in [-0.1, -0.05) is 53.8 Å². The highest BCUT2D eigenvalue weighted by molar-refractivity contribution is 7.07. The number of aromatic nitrogens is 1. The van der Waals surface area contributed by atoms with Crippen molar-refractivity contribution in [3.05, 3.63) is 96.7 Å². The molecule has 0 unspecified atom stereocenters.